The summed E-state index contributed by atoms with van der Waals surface area (Å²) >= 11 is 6.11. The SMILES string of the molecule is Cn1c(=O)c2c(nc(Oc3ccccc3)n2Cc2cccc(Cl)c2)n(C)c1=O. The first-order chi connectivity index (χ1) is 13.5. The average Bonchev–Trinajstić information content (AvgIpc) is 3.03. The van der Waals surface area contributed by atoms with E-state index in [4.69, 9.17) is 16.3 Å². The number of hydrogen-bond donors (Lipinski definition) is 0. The van der Waals surface area contributed by atoms with Crippen LogP contribution in [0.15, 0.2) is 64.2 Å². The molecule has 0 N–H and O–H groups in total. The lowest BCUT2D eigenvalue weighted by Gasteiger charge is -2.10. The number of ether oxygens (including phenoxy) is 1. The summed E-state index contributed by atoms with van der Waals surface area (Å²) in [7, 11) is 3.02. The minimum Gasteiger partial charge on any atom is -0.425 e. The van der Waals surface area contributed by atoms with Crippen molar-refractivity contribution in [2.45, 2.75) is 6.54 Å². The van der Waals surface area contributed by atoms with Crippen LogP contribution in [0.25, 0.3) is 11.2 Å². The molecule has 0 fully saturated rings. The van der Waals surface area contributed by atoms with Crippen molar-refractivity contribution in [1.82, 2.24) is 18.7 Å². The summed E-state index contributed by atoms with van der Waals surface area (Å²) in [5.74, 6) is 0.576. The Bertz CT molecular complexity index is 1290. The fraction of sp³-hybridized carbons (Fsp3) is 0.150. The summed E-state index contributed by atoms with van der Waals surface area (Å²) in [5.41, 5.74) is 0.545. The summed E-state index contributed by atoms with van der Waals surface area (Å²) in [6.07, 6.45) is 0. The number of benzene rings is 2. The first-order valence-corrected chi connectivity index (χ1v) is 8.97. The minimum atomic E-state index is -0.448. The fourth-order valence-electron chi connectivity index (χ4n) is 3.06. The third kappa shape index (κ3) is 3.10. The monoisotopic (exact) mass is 396 g/mol. The van der Waals surface area contributed by atoms with Gasteiger partial charge in [-0.2, -0.15) is 4.98 Å². The van der Waals surface area contributed by atoms with Crippen molar-refractivity contribution in [3.05, 3.63) is 86.0 Å². The lowest BCUT2D eigenvalue weighted by atomic mass is 10.2. The van der Waals surface area contributed by atoms with Gasteiger partial charge in [0.2, 0.25) is 0 Å². The van der Waals surface area contributed by atoms with E-state index in [-0.39, 0.29) is 17.2 Å². The Hall–Kier alpha value is -3.32. The lowest BCUT2D eigenvalue weighted by Crippen LogP contribution is -2.37. The van der Waals surface area contributed by atoms with E-state index in [9.17, 15) is 9.59 Å². The molecule has 0 atom stereocenters. The van der Waals surface area contributed by atoms with Crippen molar-refractivity contribution >= 4 is 22.8 Å². The van der Waals surface area contributed by atoms with Gasteiger partial charge in [0.05, 0.1) is 6.54 Å². The normalized spacial score (nSPS) is 11.1. The second kappa shape index (κ2) is 7.01. The highest BCUT2D eigenvalue weighted by atomic mass is 35.5. The molecular weight excluding hydrogens is 380 g/mol. The number of nitrogens with zero attached hydrogens (tertiary/aromatic N) is 4. The van der Waals surface area contributed by atoms with Gasteiger partial charge in [-0.15, -0.1) is 0 Å². The molecule has 0 saturated heterocycles. The van der Waals surface area contributed by atoms with Gasteiger partial charge in [0.15, 0.2) is 11.2 Å². The summed E-state index contributed by atoms with van der Waals surface area (Å²) in [6.45, 7) is 0.312. The number of imidazole rings is 1. The Kier molecular flexibility index (Phi) is 4.52. The maximum atomic E-state index is 12.9. The number of hydrogen-bond acceptors (Lipinski definition) is 4. The third-order valence-corrected chi connectivity index (χ3v) is 4.73. The summed E-state index contributed by atoms with van der Waals surface area (Å²) < 4.78 is 10.0. The molecule has 2 aromatic carbocycles. The fourth-order valence-corrected chi connectivity index (χ4v) is 3.28. The highest BCUT2D eigenvalue weighted by Crippen LogP contribution is 2.25. The molecule has 28 heavy (non-hydrogen) atoms. The van der Waals surface area contributed by atoms with E-state index in [2.05, 4.69) is 4.98 Å². The highest BCUT2D eigenvalue weighted by Gasteiger charge is 2.20. The van der Waals surface area contributed by atoms with Crippen molar-refractivity contribution in [2.75, 3.05) is 0 Å². The van der Waals surface area contributed by atoms with Crippen molar-refractivity contribution in [1.29, 1.82) is 0 Å². The predicted molar refractivity (Wildman–Crippen MR) is 107 cm³/mol. The maximum Gasteiger partial charge on any atom is 0.332 e. The van der Waals surface area contributed by atoms with Gasteiger partial charge in [-0.05, 0) is 29.8 Å². The van der Waals surface area contributed by atoms with E-state index in [1.54, 1.807) is 29.8 Å². The molecule has 0 aliphatic carbocycles. The van der Waals surface area contributed by atoms with Crippen LogP contribution in [0.4, 0.5) is 0 Å². The summed E-state index contributed by atoms with van der Waals surface area (Å²) in [5, 5.41) is 0.591. The second-order valence-electron chi connectivity index (χ2n) is 6.40. The zero-order valence-corrected chi connectivity index (χ0v) is 16.1. The molecule has 0 spiro atoms. The molecule has 2 heterocycles. The van der Waals surface area contributed by atoms with Crippen LogP contribution >= 0.6 is 11.6 Å². The highest BCUT2D eigenvalue weighted by molar-refractivity contribution is 6.30. The van der Waals surface area contributed by atoms with Crippen molar-refractivity contribution in [2.24, 2.45) is 14.1 Å². The molecule has 4 aromatic rings. The van der Waals surface area contributed by atoms with Crippen molar-refractivity contribution in [3.8, 4) is 11.8 Å². The van der Waals surface area contributed by atoms with Crippen LogP contribution in [0.1, 0.15) is 5.56 Å². The van der Waals surface area contributed by atoms with Crippen LogP contribution < -0.4 is 16.0 Å². The average molecular weight is 397 g/mol. The van der Waals surface area contributed by atoms with Gasteiger partial charge in [-0.3, -0.25) is 18.5 Å². The molecule has 4 rings (SSSR count). The molecular formula is C20H17ClN4O3. The van der Waals surface area contributed by atoms with Gasteiger partial charge in [0, 0.05) is 19.1 Å². The van der Waals surface area contributed by atoms with E-state index in [1.807, 2.05) is 36.4 Å². The topological polar surface area (TPSA) is 71.1 Å². The number of para-hydroxylation sites is 1. The number of aromatic nitrogens is 4. The van der Waals surface area contributed by atoms with Gasteiger partial charge in [-0.25, -0.2) is 4.79 Å². The third-order valence-electron chi connectivity index (χ3n) is 4.50. The lowest BCUT2D eigenvalue weighted by molar-refractivity contribution is 0.421. The van der Waals surface area contributed by atoms with Crippen molar-refractivity contribution in [3.63, 3.8) is 0 Å². The van der Waals surface area contributed by atoms with Crippen LogP contribution in [0.5, 0.6) is 11.8 Å². The Morgan fingerprint density at radius 3 is 2.46 bits per heavy atom. The molecule has 142 valence electrons. The smallest absolute Gasteiger partial charge is 0.332 e. The standard InChI is InChI=1S/C20H17ClN4O3/c1-23-17-16(18(26)24(2)20(23)27)25(12-13-7-6-8-14(21)11-13)19(22-17)28-15-9-4-3-5-10-15/h3-11H,12H2,1-2H3. The number of aryl methyl sites for hydroxylation is 1. The quantitative estimate of drug-likeness (QED) is 0.531. The van der Waals surface area contributed by atoms with Gasteiger partial charge in [0.1, 0.15) is 5.75 Å². The van der Waals surface area contributed by atoms with Crippen LogP contribution in [0, 0.1) is 0 Å². The number of halogens is 1. The Morgan fingerprint density at radius 2 is 1.75 bits per heavy atom. The minimum absolute atomic E-state index is 0.222. The van der Waals surface area contributed by atoms with Gasteiger partial charge in [-0.1, -0.05) is 41.9 Å². The van der Waals surface area contributed by atoms with Gasteiger partial charge in [0.25, 0.3) is 5.56 Å². The maximum absolute atomic E-state index is 12.9. The van der Waals surface area contributed by atoms with E-state index < -0.39 is 11.2 Å². The molecule has 0 unspecified atom stereocenters. The molecule has 0 bridgehead atoms. The number of rotatable bonds is 4. The molecule has 2 aromatic heterocycles. The van der Waals surface area contributed by atoms with Crippen LogP contribution in [-0.4, -0.2) is 18.7 Å². The molecule has 0 aliphatic rings. The molecule has 0 aliphatic heterocycles. The molecule has 0 amide bonds. The summed E-state index contributed by atoms with van der Waals surface area (Å²) in [4.78, 5) is 29.6. The van der Waals surface area contributed by atoms with Crippen LogP contribution in [0.3, 0.4) is 0 Å². The Labute approximate surface area is 165 Å². The molecule has 0 radical (unpaired) electrons. The predicted octanol–water partition coefficient (Wildman–Crippen LogP) is 2.93. The van der Waals surface area contributed by atoms with E-state index in [1.165, 1.54) is 11.6 Å². The zero-order chi connectivity index (χ0) is 19.8. The van der Waals surface area contributed by atoms with Crippen LogP contribution in [0.2, 0.25) is 5.02 Å². The van der Waals surface area contributed by atoms with Gasteiger partial charge >= 0.3 is 11.7 Å². The first-order valence-electron chi connectivity index (χ1n) is 8.59. The van der Waals surface area contributed by atoms with E-state index in [0.29, 0.717) is 17.3 Å². The number of fused-ring (bicyclic) bond motifs is 1. The molecule has 7 nitrogen and oxygen atoms in total. The molecule has 0 saturated carbocycles. The van der Waals surface area contributed by atoms with E-state index >= 15 is 0 Å². The van der Waals surface area contributed by atoms with Gasteiger partial charge < -0.3 is 4.74 Å². The van der Waals surface area contributed by atoms with Crippen molar-refractivity contribution < 1.29 is 4.74 Å². The molecule has 8 heteroatoms. The zero-order valence-electron chi connectivity index (χ0n) is 15.3. The largest absolute Gasteiger partial charge is 0.425 e. The summed E-state index contributed by atoms with van der Waals surface area (Å²) in [6, 6.07) is 16.7. The first kappa shape index (κ1) is 18.1. The Morgan fingerprint density at radius 1 is 1.00 bits per heavy atom. The second-order valence-corrected chi connectivity index (χ2v) is 6.84. The Balaban J connectivity index is 1.96. The van der Waals surface area contributed by atoms with E-state index in [0.717, 1.165) is 10.1 Å². The van der Waals surface area contributed by atoms with Crippen LogP contribution in [-0.2, 0) is 20.6 Å².